The largest absolute Gasteiger partial charge is 0.465 e. The Kier molecular flexibility index (Phi) is 3.93. The molecule has 5 nitrogen and oxygen atoms in total. The van der Waals surface area contributed by atoms with E-state index in [-0.39, 0.29) is 12.5 Å². The van der Waals surface area contributed by atoms with E-state index in [9.17, 15) is 4.79 Å². The Morgan fingerprint density at radius 3 is 3.29 bits per heavy atom. The second-order valence-electron chi connectivity index (χ2n) is 4.01. The average Bonchev–Trinajstić information content (AvgIpc) is 2.91. The molecule has 0 amide bonds. The quantitative estimate of drug-likeness (QED) is 0.785. The van der Waals surface area contributed by atoms with Gasteiger partial charge >= 0.3 is 5.97 Å². The fourth-order valence-corrected chi connectivity index (χ4v) is 1.82. The molecule has 0 unspecified atom stereocenters. The second-order valence-corrected chi connectivity index (χ2v) is 4.01. The molecule has 17 heavy (non-hydrogen) atoms. The molecule has 0 radical (unpaired) electrons. The van der Waals surface area contributed by atoms with Crippen LogP contribution in [-0.4, -0.2) is 35.4 Å². The Morgan fingerprint density at radius 2 is 2.59 bits per heavy atom. The summed E-state index contributed by atoms with van der Waals surface area (Å²) in [7, 11) is 0. The Labute approximate surface area is 100 Å². The molecule has 0 aliphatic carbocycles. The molecule has 1 aliphatic rings. The molecule has 1 N–H and O–H groups in total. The molecule has 0 saturated carbocycles. The Morgan fingerprint density at radius 1 is 1.71 bits per heavy atom. The minimum Gasteiger partial charge on any atom is -0.465 e. The summed E-state index contributed by atoms with van der Waals surface area (Å²) in [6, 6.07) is 0. The van der Waals surface area contributed by atoms with Gasteiger partial charge in [-0.2, -0.15) is 5.10 Å². The summed E-state index contributed by atoms with van der Waals surface area (Å²) in [6.07, 6.45) is 6.84. The summed E-state index contributed by atoms with van der Waals surface area (Å²) < 4.78 is 6.47. The lowest BCUT2D eigenvalue weighted by atomic mass is 10.2. The number of carbonyl (C=O) groups excluding carboxylic acids is 1. The SMILES string of the molecule is CCOC(=O)Cn1cc(C=C2CCNC2)cn1. The monoisotopic (exact) mass is 235 g/mol. The molecule has 1 aromatic rings. The van der Waals surface area contributed by atoms with E-state index in [1.54, 1.807) is 17.8 Å². The highest BCUT2D eigenvalue weighted by Gasteiger charge is 2.07. The first-order chi connectivity index (χ1) is 8.28. The third-order valence-electron chi connectivity index (χ3n) is 2.60. The summed E-state index contributed by atoms with van der Waals surface area (Å²) in [4.78, 5) is 11.3. The van der Waals surface area contributed by atoms with Gasteiger partial charge in [0.2, 0.25) is 0 Å². The molecular weight excluding hydrogens is 218 g/mol. The molecule has 2 heterocycles. The second kappa shape index (κ2) is 5.63. The minimum atomic E-state index is -0.252. The van der Waals surface area contributed by atoms with Crippen LogP contribution in [0, 0.1) is 0 Å². The molecule has 1 aromatic heterocycles. The Balaban J connectivity index is 1.95. The molecule has 1 aliphatic heterocycles. The number of nitrogens with zero attached hydrogens (tertiary/aromatic N) is 2. The lowest BCUT2D eigenvalue weighted by Gasteiger charge is -2.00. The van der Waals surface area contributed by atoms with Gasteiger partial charge in [-0.3, -0.25) is 9.48 Å². The molecule has 5 heteroatoms. The number of esters is 1. The number of rotatable bonds is 4. The number of hydrogen-bond acceptors (Lipinski definition) is 4. The molecule has 1 saturated heterocycles. The van der Waals surface area contributed by atoms with Gasteiger partial charge in [-0.1, -0.05) is 11.6 Å². The Hall–Kier alpha value is -1.62. The van der Waals surface area contributed by atoms with Crippen molar-refractivity contribution in [3.63, 3.8) is 0 Å². The maximum absolute atomic E-state index is 11.3. The van der Waals surface area contributed by atoms with Crippen molar-refractivity contribution in [1.82, 2.24) is 15.1 Å². The van der Waals surface area contributed by atoms with Gasteiger partial charge in [0.15, 0.2) is 0 Å². The van der Waals surface area contributed by atoms with Crippen LogP contribution in [0.1, 0.15) is 18.9 Å². The topological polar surface area (TPSA) is 56.1 Å². The molecular formula is C12H17N3O2. The van der Waals surface area contributed by atoms with E-state index in [0.717, 1.165) is 25.1 Å². The van der Waals surface area contributed by atoms with E-state index in [0.29, 0.717) is 6.61 Å². The first-order valence-corrected chi connectivity index (χ1v) is 5.86. The van der Waals surface area contributed by atoms with Crippen LogP contribution in [0.25, 0.3) is 6.08 Å². The normalized spacial score (nSPS) is 17.6. The zero-order valence-corrected chi connectivity index (χ0v) is 9.98. The van der Waals surface area contributed by atoms with E-state index < -0.39 is 0 Å². The number of ether oxygens (including phenoxy) is 1. The number of carbonyl (C=O) groups is 1. The summed E-state index contributed by atoms with van der Waals surface area (Å²) in [5, 5.41) is 7.41. The molecule has 1 fully saturated rings. The average molecular weight is 235 g/mol. The van der Waals surface area contributed by atoms with E-state index in [1.807, 2.05) is 6.20 Å². The fraction of sp³-hybridized carbons (Fsp3) is 0.500. The first kappa shape index (κ1) is 11.9. The van der Waals surface area contributed by atoms with Crippen molar-refractivity contribution in [2.24, 2.45) is 0 Å². The van der Waals surface area contributed by atoms with Gasteiger partial charge in [-0.25, -0.2) is 0 Å². The smallest absolute Gasteiger partial charge is 0.327 e. The molecule has 2 rings (SSSR count). The van der Waals surface area contributed by atoms with Crippen LogP contribution in [-0.2, 0) is 16.1 Å². The molecule has 0 atom stereocenters. The van der Waals surface area contributed by atoms with Crippen molar-refractivity contribution >= 4 is 12.0 Å². The number of nitrogens with one attached hydrogen (secondary N) is 1. The predicted molar refractivity (Wildman–Crippen MR) is 64.3 cm³/mol. The lowest BCUT2D eigenvalue weighted by molar-refractivity contribution is -0.144. The first-order valence-electron chi connectivity index (χ1n) is 5.86. The van der Waals surface area contributed by atoms with Gasteiger partial charge in [0.25, 0.3) is 0 Å². The van der Waals surface area contributed by atoms with Crippen LogP contribution in [0.15, 0.2) is 18.0 Å². The molecule has 92 valence electrons. The summed E-state index contributed by atoms with van der Waals surface area (Å²) in [5.41, 5.74) is 2.41. The van der Waals surface area contributed by atoms with E-state index >= 15 is 0 Å². The standard InChI is InChI=1S/C12H17N3O2/c1-2-17-12(16)9-15-8-11(7-14-15)5-10-3-4-13-6-10/h5,7-8,13H,2-4,6,9H2,1H3. The highest BCUT2D eigenvalue weighted by atomic mass is 16.5. The molecule has 0 bridgehead atoms. The highest BCUT2D eigenvalue weighted by Crippen LogP contribution is 2.11. The van der Waals surface area contributed by atoms with Gasteiger partial charge < -0.3 is 10.1 Å². The van der Waals surface area contributed by atoms with Crippen LogP contribution in [0.4, 0.5) is 0 Å². The zero-order valence-electron chi connectivity index (χ0n) is 9.98. The van der Waals surface area contributed by atoms with Gasteiger partial charge in [0.05, 0.1) is 12.8 Å². The number of hydrogen-bond donors (Lipinski definition) is 1. The molecule has 0 spiro atoms. The van der Waals surface area contributed by atoms with Crippen LogP contribution < -0.4 is 5.32 Å². The molecule has 0 aromatic carbocycles. The maximum Gasteiger partial charge on any atom is 0.327 e. The Bertz CT molecular complexity index is 415. The van der Waals surface area contributed by atoms with Crippen molar-refractivity contribution in [2.75, 3.05) is 19.7 Å². The zero-order chi connectivity index (χ0) is 12.1. The third kappa shape index (κ3) is 3.42. The number of aromatic nitrogens is 2. The van der Waals surface area contributed by atoms with Gasteiger partial charge in [-0.05, 0) is 19.9 Å². The fourth-order valence-electron chi connectivity index (χ4n) is 1.82. The summed E-state index contributed by atoms with van der Waals surface area (Å²) >= 11 is 0. The minimum absolute atomic E-state index is 0.176. The van der Waals surface area contributed by atoms with Crippen LogP contribution >= 0.6 is 0 Å². The van der Waals surface area contributed by atoms with Gasteiger partial charge in [-0.15, -0.1) is 0 Å². The van der Waals surface area contributed by atoms with Crippen molar-refractivity contribution in [3.8, 4) is 0 Å². The van der Waals surface area contributed by atoms with E-state index in [4.69, 9.17) is 4.74 Å². The third-order valence-corrected chi connectivity index (χ3v) is 2.60. The van der Waals surface area contributed by atoms with Gasteiger partial charge in [0, 0.05) is 18.3 Å². The van der Waals surface area contributed by atoms with Crippen LogP contribution in [0.5, 0.6) is 0 Å². The predicted octanol–water partition coefficient (Wildman–Crippen LogP) is 0.823. The van der Waals surface area contributed by atoms with E-state index in [2.05, 4.69) is 16.5 Å². The van der Waals surface area contributed by atoms with Crippen molar-refractivity contribution in [3.05, 3.63) is 23.5 Å². The van der Waals surface area contributed by atoms with Crippen LogP contribution in [0.2, 0.25) is 0 Å². The van der Waals surface area contributed by atoms with Gasteiger partial charge in [0.1, 0.15) is 6.54 Å². The summed E-state index contributed by atoms with van der Waals surface area (Å²) in [5.74, 6) is -0.252. The lowest BCUT2D eigenvalue weighted by Crippen LogP contribution is -2.13. The van der Waals surface area contributed by atoms with E-state index in [1.165, 1.54) is 5.57 Å². The van der Waals surface area contributed by atoms with Crippen LogP contribution in [0.3, 0.4) is 0 Å². The maximum atomic E-state index is 11.3. The van der Waals surface area contributed by atoms with Crippen molar-refractivity contribution < 1.29 is 9.53 Å². The van der Waals surface area contributed by atoms with Crippen molar-refractivity contribution in [2.45, 2.75) is 19.9 Å². The summed E-state index contributed by atoms with van der Waals surface area (Å²) in [6.45, 7) is 4.37. The highest BCUT2D eigenvalue weighted by molar-refractivity contribution is 5.69. The van der Waals surface area contributed by atoms with Crippen molar-refractivity contribution in [1.29, 1.82) is 0 Å².